The molecule has 1 aromatic rings. The molecular formula is C19H32N2O3S. The van der Waals surface area contributed by atoms with E-state index in [0.29, 0.717) is 13.0 Å². The van der Waals surface area contributed by atoms with Gasteiger partial charge in [-0.25, -0.2) is 13.1 Å². The summed E-state index contributed by atoms with van der Waals surface area (Å²) in [6, 6.07) is 7.93. The highest BCUT2D eigenvalue weighted by atomic mass is 32.2. The van der Waals surface area contributed by atoms with Gasteiger partial charge in [-0.05, 0) is 44.3 Å². The van der Waals surface area contributed by atoms with Gasteiger partial charge in [0.05, 0.1) is 18.9 Å². The molecular weight excluding hydrogens is 336 g/mol. The summed E-state index contributed by atoms with van der Waals surface area (Å²) in [5, 5.41) is 0. The predicted octanol–water partition coefficient (Wildman–Crippen LogP) is 3.19. The zero-order valence-electron chi connectivity index (χ0n) is 15.7. The minimum atomic E-state index is -3.23. The first-order valence-corrected chi connectivity index (χ1v) is 11.0. The molecule has 0 radical (unpaired) electrons. The summed E-state index contributed by atoms with van der Waals surface area (Å²) in [5.74, 6) is 1.74. The van der Waals surface area contributed by atoms with Gasteiger partial charge in [-0.3, -0.25) is 4.90 Å². The number of piperidine rings is 1. The summed E-state index contributed by atoms with van der Waals surface area (Å²) >= 11 is 0. The van der Waals surface area contributed by atoms with Gasteiger partial charge in [0.2, 0.25) is 10.0 Å². The molecule has 0 spiro atoms. The predicted molar refractivity (Wildman–Crippen MR) is 102 cm³/mol. The van der Waals surface area contributed by atoms with Crippen LogP contribution in [0.25, 0.3) is 0 Å². The van der Waals surface area contributed by atoms with E-state index in [1.54, 1.807) is 7.11 Å². The average molecular weight is 369 g/mol. The van der Waals surface area contributed by atoms with Crippen molar-refractivity contribution in [2.45, 2.75) is 45.6 Å². The number of unbranched alkanes of at least 4 members (excludes halogenated alkanes) is 1. The highest BCUT2D eigenvalue weighted by molar-refractivity contribution is 7.89. The second-order valence-electron chi connectivity index (χ2n) is 7.00. The average Bonchev–Trinajstić information content (AvgIpc) is 2.62. The smallest absolute Gasteiger partial charge is 0.211 e. The van der Waals surface area contributed by atoms with Crippen molar-refractivity contribution in [3.8, 4) is 5.75 Å². The maximum Gasteiger partial charge on any atom is 0.211 e. The van der Waals surface area contributed by atoms with Gasteiger partial charge in [0, 0.05) is 12.1 Å². The maximum atomic E-state index is 12.3. The van der Waals surface area contributed by atoms with Crippen LogP contribution >= 0.6 is 0 Å². The van der Waals surface area contributed by atoms with Crippen LogP contribution in [0.1, 0.15) is 51.1 Å². The Balaban J connectivity index is 2.17. The zero-order valence-corrected chi connectivity index (χ0v) is 16.5. The summed E-state index contributed by atoms with van der Waals surface area (Å²) in [6.45, 7) is 6.65. The number of benzene rings is 1. The van der Waals surface area contributed by atoms with E-state index in [-0.39, 0.29) is 11.8 Å². The van der Waals surface area contributed by atoms with Crippen LogP contribution in [0, 0.1) is 5.92 Å². The van der Waals surface area contributed by atoms with Crippen molar-refractivity contribution in [2.24, 2.45) is 5.92 Å². The van der Waals surface area contributed by atoms with Crippen LogP contribution in [0.15, 0.2) is 24.3 Å². The molecule has 1 heterocycles. The van der Waals surface area contributed by atoms with Gasteiger partial charge in [0.25, 0.3) is 0 Å². The van der Waals surface area contributed by atoms with Gasteiger partial charge >= 0.3 is 0 Å². The largest absolute Gasteiger partial charge is 0.496 e. The minimum Gasteiger partial charge on any atom is -0.496 e. The molecule has 0 bridgehead atoms. The highest BCUT2D eigenvalue weighted by Gasteiger charge is 2.27. The monoisotopic (exact) mass is 368 g/mol. The van der Waals surface area contributed by atoms with Gasteiger partial charge in [-0.1, -0.05) is 38.5 Å². The van der Waals surface area contributed by atoms with Gasteiger partial charge in [-0.2, -0.15) is 0 Å². The SMILES string of the molecule is CCCCS(=O)(=O)NCC(c1ccccc1OC)N1CCC(C)CC1. The first kappa shape index (κ1) is 20.2. The fourth-order valence-corrected chi connectivity index (χ4v) is 4.55. The molecule has 6 heteroatoms. The molecule has 1 aliphatic rings. The van der Waals surface area contributed by atoms with Crippen LogP contribution in [-0.4, -0.2) is 45.8 Å². The van der Waals surface area contributed by atoms with Crippen molar-refractivity contribution < 1.29 is 13.2 Å². The number of nitrogens with one attached hydrogen (secondary N) is 1. The molecule has 142 valence electrons. The lowest BCUT2D eigenvalue weighted by Gasteiger charge is -2.37. The van der Waals surface area contributed by atoms with Crippen molar-refractivity contribution >= 4 is 10.0 Å². The Morgan fingerprint density at radius 1 is 1.28 bits per heavy atom. The zero-order chi connectivity index (χ0) is 18.3. The molecule has 1 atom stereocenters. The molecule has 0 aromatic heterocycles. The Hall–Kier alpha value is -1.11. The van der Waals surface area contributed by atoms with Crippen LogP contribution < -0.4 is 9.46 Å². The Bertz CT molecular complexity index is 625. The lowest BCUT2D eigenvalue weighted by Crippen LogP contribution is -2.42. The van der Waals surface area contributed by atoms with Gasteiger partial charge in [-0.15, -0.1) is 0 Å². The molecule has 1 unspecified atom stereocenters. The number of hydrogen-bond acceptors (Lipinski definition) is 4. The minimum absolute atomic E-state index is 0.0000477. The molecule has 0 amide bonds. The third-order valence-electron chi connectivity index (χ3n) is 5.02. The highest BCUT2D eigenvalue weighted by Crippen LogP contribution is 2.32. The fourth-order valence-electron chi connectivity index (χ4n) is 3.33. The molecule has 25 heavy (non-hydrogen) atoms. The molecule has 1 N–H and O–H groups in total. The quantitative estimate of drug-likeness (QED) is 0.727. The number of ether oxygens (including phenoxy) is 1. The molecule has 0 saturated carbocycles. The molecule has 1 fully saturated rings. The van der Waals surface area contributed by atoms with E-state index in [9.17, 15) is 8.42 Å². The number of rotatable bonds is 9. The summed E-state index contributed by atoms with van der Waals surface area (Å²) in [5.41, 5.74) is 1.05. The first-order valence-electron chi connectivity index (χ1n) is 9.31. The van der Waals surface area contributed by atoms with E-state index >= 15 is 0 Å². The summed E-state index contributed by atoms with van der Waals surface area (Å²) in [6.07, 6.45) is 3.86. The number of nitrogens with zero attached hydrogens (tertiary/aromatic N) is 1. The van der Waals surface area contributed by atoms with Crippen molar-refractivity contribution in [1.82, 2.24) is 9.62 Å². The van der Waals surface area contributed by atoms with E-state index < -0.39 is 10.0 Å². The summed E-state index contributed by atoms with van der Waals surface area (Å²) < 4.78 is 32.9. The lowest BCUT2D eigenvalue weighted by molar-refractivity contribution is 0.137. The van der Waals surface area contributed by atoms with E-state index in [1.807, 2.05) is 31.2 Å². The third-order valence-corrected chi connectivity index (χ3v) is 6.45. The lowest BCUT2D eigenvalue weighted by atomic mass is 9.95. The molecule has 1 aromatic carbocycles. The fraction of sp³-hybridized carbons (Fsp3) is 0.684. The molecule has 0 aliphatic carbocycles. The normalized spacial score (nSPS) is 18.2. The Kier molecular flexibility index (Phi) is 7.72. The van der Waals surface area contributed by atoms with E-state index in [2.05, 4.69) is 16.5 Å². The van der Waals surface area contributed by atoms with Crippen molar-refractivity contribution in [1.29, 1.82) is 0 Å². The first-order chi connectivity index (χ1) is 12.0. The topological polar surface area (TPSA) is 58.6 Å². The maximum absolute atomic E-state index is 12.3. The number of para-hydroxylation sites is 1. The van der Waals surface area contributed by atoms with E-state index in [4.69, 9.17) is 4.74 Å². The van der Waals surface area contributed by atoms with E-state index in [0.717, 1.165) is 49.6 Å². The van der Waals surface area contributed by atoms with Gasteiger partial charge < -0.3 is 4.74 Å². The summed E-state index contributed by atoms with van der Waals surface area (Å²) in [7, 11) is -1.57. The number of likely N-dealkylation sites (tertiary alicyclic amines) is 1. The molecule has 2 rings (SSSR count). The van der Waals surface area contributed by atoms with Crippen LogP contribution in [0.4, 0.5) is 0 Å². The Labute approximate surface area is 152 Å². The van der Waals surface area contributed by atoms with Crippen molar-refractivity contribution in [3.63, 3.8) is 0 Å². The van der Waals surface area contributed by atoms with Crippen molar-refractivity contribution in [2.75, 3.05) is 32.5 Å². The Morgan fingerprint density at radius 3 is 2.60 bits per heavy atom. The van der Waals surface area contributed by atoms with Gasteiger partial charge in [0.1, 0.15) is 5.75 Å². The molecule has 5 nitrogen and oxygen atoms in total. The van der Waals surface area contributed by atoms with Crippen molar-refractivity contribution in [3.05, 3.63) is 29.8 Å². The van der Waals surface area contributed by atoms with Crippen LogP contribution in [0.2, 0.25) is 0 Å². The molecule has 1 aliphatic heterocycles. The Morgan fingerprint density at radius 2 is 1.96 bits per heavy atom. The third kappa shape index (κ3) is 5.97. The standard InChI is InChI=1S/C19H32N2O3S/c1-4-5-14-25(22,23)20-15-18(21-12-10-16(2)11-13-21)17-8-6-7-9-19(17)24-3/h6-9,16,18,20H,4-5,10-15H2,1-3H3. The van der Waals surface area contributed by atoms with E-state index in [1.165, 1.54) is 0 Å². The van der Waals surface area contributed by atoms with Crippen LogP contribution in [-0.2, 0) is 10.0 Å². The van der Waals surface area contributed by atoms with Gasteiger partial charge in [0.15, 0.2) is 0 Å². The second kappa shape index (κ2) is 9.55. The van der Waals surface area contributed by atoms with Crippen LogP contribution in [0.3, 0.4) is 0 Å². The van der Waals surface area contributed by atoms with Crippen LogP contribution in [0.5, 0.6) is 5.75 Å². The summed E-state index contributed by atoms with van der Waals surface area (Å²) in [4.78, 5) is 2.39. The number of methoxy groups -OCH3 is 1. The number of sulfonamides is 1. The molecule has 1 saturated heterocycles. The second-order valence-corrected chi connectivity index (χ2v) is 8.92. The number of hydrogen-bond donors (Lipinski definition) is 1.